The van der Waals surface area contributed by atoms with Crippen molar-refractivity contribution in [2.24, 2.45) is 0 Å². The molecular weight excluding hydrogens is 252 g/mol. The van der Waals surface area contributed by atoms with Crippen molar-refractivity contribution in [3.63, 3.8) is 0 Å². The summed E-state index contributed by atoms with van der Waals surface area (Å²) in [4.78, 5) is 15.6. The lowest BCUT2D eigenvalue weighted by atomic mass is 9.92. The molecule has 1 heterocycles. The molecule has 4 heteroatoms. The molecule has 0 radical (unpaired) electrons. The lowest BCUT2D eigenvalue weighted by Crippen LogP contribution is -2.23. The van der Waals surface area contributed by atoms with Crippen LogP contribution in [0.5, 0.6) is 0 Å². The summed E-state index contributed by atoms with van der Waals surface area (Å²) in [6.45, 7) is 4.10. The fraction of sp³-hybridized carbons (Fsp3) is 0.750. The van der Waals surface area contributed by atoms with E-state index in [0.717, 1.165) is 38.5 Å². The van der Waals surface area contributed by atoms with Crippen LogP contribution in [0.1, 0.15) is 76.4 Å². The van der Waals surface area contributed by atoms with E-state index in [-0.39, 0.29) is 5.91 Å². The molecule has 20 heavy (non-hydrogen) atoms. The van der Waals surface area contributed by atoms with Crippen molar-refractivity contribution in [2.45, 2.75) is 77.2 Å². The Hall–Kier alpha value is -1.16. The Morgan fingerprint density at radius 3 is 2.50 bits per heavy atom. The Bertz CT molecular complexity index is 372. The average molecular weight is 280 g/mol. The molecule has 1 atom stereocenters. The SMILES string of the molecule is CCCCCC(C)(O)CCCCCC(=O)n1ccnc1. The maximum Gasteiger partial charge on any atom is 0.231 e. The number of aliphatic hydroxyl groups is 1. The first-order valence-electron chi connectivity index (χ1n) is 7.79. The monoisotopic (exact) mass is 280 g/mol. The summed E-state index contributed by atoms with van der Waals surface area (Å²) >= 11 is 0. The van der Waals surface area contributed by atoms with E-state index in [0.29, 0.717) is 6.42 Å². The Labute approximate surface area is 122 Å². The zero-order valence-electron chi connectivity index (χ0n) is 12.8. The van der Waals surface area contributed by atoms with E-state index in [4.69, 9.17) is 0 Å². The van der Waals surface area contributed by atoms with Crippen molar-refractivity contribution in [3.05, 3.63) is 18.7 Å². The fourth-order valence-electron chi connectivity index (χ4n) is 2.38. The molecule has 0 fully saturated rings. The normalized spacial score (nSPS) is 14.2. The summed E-state index contributed by atoms with van der Waals surface area (Å²) in [6.07, 6.45) is 13.4. The van der Waals surface area contributed by atoms with Crippen LogP contribution in [0.25, 0.3) is 0 Å². The fourth-order valence-corrected chi connectivity index (χ4v) is 2.38. The third kappa shape index (κ3) is 6.85. The second-order valence-electron chi connectivity index (χ2n) is 5.88. The van der Waals surface area contributed by atoms with E-state index < -0.39 is 5.60 Å². The van der Waals surface area contributed by atoms with Crippen LogP contribution in [0.4, 0.5) is 0 Å². The highest BCUT2D eigenvalue weighted by Crippen LogP contribution is 2.21. The number of hydrogen-bond acceptors (Lipinski definition) is 3. The third-order valence-electron chi connectivity index (χ3n) is 3.72. The number of nitrogens with zero attached hydrogens (tertiary/aromatic N) is 2. The zero-order chi connectivity index (χ0) is 14.8. The minimum atomic E-state index is -0.538. The quantitative estimate of drug-likeness (QED) is 0.663. The Morgan fingerprint density at radius 2 is 1.90 bits per heavy atom. The predicted molar refractivity (Wildman–Crippen MR) is 80.7 cm³/mol. The summed E-state index contributed by atoms with van der Waals surface area (Å²) in [5.74, 6) is 0.0946. The summed E-state index contributed by atoms with van der Waals surface area (Å²) in [5.41, 5.74) is -0.538. The maximum absolute atomic E-state index is 11.7. The summed E-state index contributed by atoms with van der Waals surface area (Å²) in [5, 5.41) is 10.2. The Balaban J connectivity index is 2.08. The lowest BCUT2D eigenvalue weighted by molar-refractivity contribution is 0.0368. The van der Waals surface area contributed by atoms with Gasteiger partial charge in [0.1, 0.15) is 6.33 Å². The van der Waals surface area contributed by atoms with Gasteiger partial charge in [-0.3, -0.25) is 9.36 Å². The molecule has 4 nitrogen and oxygen atoms in total. The summed E-state index contributed by atoms with van der Waals surface area (Å²) < 4.78 is 1.53. The van der Waals surface area contributed by atoms with Gasteiger partial charge in [-0.1, -0.05) is 39.0 Å². The molecule has 1 aromatic rings. The van der Waals surface area contributed by atoms with Crippen molar-refractivity contribution in [1.82, 2.24) is 9.55 Å². The van der Waals surface area contributed by atoms with Gasteiger partial charge in [0.15, 0.2) is 0 Å². The molecule has 0 saturated carbocycles. The number of hydrogen-bond donors (Lipinski definition) is 1. The molecule has 0 bridgehead atoms. The topological polar surface area (TPSA) is 55.1 Å². The van der Waals surface area contributed by atoms with Gasteiger partial charge in [0.05, 0.1) is 5.60 Å². The zero-order valence-corrected chi connectivity index (χ0v) is 12.8. The molecule has 0 amide bonds. The largest absolute Gasteiger partial charge is 0.390 e. The van der Waals surface area contributed by atoms with E-state index in [1.165, 1.54) is 17.4 Å². The second kappa shape index (κ2) is 8.90. The van der Waals surface area contributed by atoms with Gasteiger partial charge in [0.2, 0.25) is 5.91 Å². The average Bonchev–Trinajstić information content (AvgIpc) is 2.92. The van der Waals surface area contributed by atoms with Crippen LogP contribution in [0.15, 0.2) is 18.7 Å². The van der Waals surface area contributed by atoms with Crippen molar-refractivity contribution in [2.75, 3.05) is 0 Å². The molecule has 0 spiro atoms. The van der Waals surface area contributed by atoms with Gasteiger partial charge >= 0.3 is 0 Å². The predicted octanol–water partition coefficient (Wildman–Crippen LogP) is 3.81. The number of imidazole rings is 1. The van der Waals surface area contributed by atoms with Crippen LogP contribution in [-0.2, 0) is 0 Å². The highest BCUT2D eigenvalue weighted by Gasteiger charge is 2.18. The van der Waals surface area contributed by atoms with Gasteiger partial charge in [-0.05, 0) is 26.2 Å². The van der Waals surface area contributed by atoms with Crippen LogP contribution >= 0.6 is 0 Å². The summed E-state index contributed by atoms with van der Waals surface area (Å²) in [6, 6.07) is 0. The van der Waals surface area contributed by atoms with Crippen molar-refractivity contribution in [3.8, 4) is 0 Å². The van der Waals surface area contributed by atoms with Gasteiger partial charge in [-0.2, -0.15) is 0 Å². The Kier molecular flexibility index (Phi) is 7.52. The third-order valence-corrected chi connectivity index (χ3v) is 3.72. The van der Waals surface area contributed by atoms with E-state index >= 15 is 0 Å². The molecule has 0 aromatic carbocycles. The van der Waals surface area contributed by atoms with Gasteiger partial charge in [0, 0.05) is 18.8 Å². The number of carbonyl (C=O) groups is 1. The molecule has 1 unspecified atom stereocenters. The maximum atomic E-state index is 11.7. The highest BCUT2D eigenvalue weighted by molar-refractivity contribution is 5.78. The van der Waals surface area contributed by atoms with Crippen LogP contribution in [0, 0.1) is 0 Å². The van der Waals surface area contributed by atoms with E-state index in [9.17, 15) is 9.90 Å². The standard InChI is InChI=1S/C16H28N2O2/c1-3-4-7-10-16(2,20)11-8-5-6-9-15(19)18-13-12-17-14-18/h12-14,20H,3-11H2,1-2H3. The smallest absolute Gasteiger partial charge is 0.231 e. The molecule has 1 N–H and O–H groups in total. The highest BCUT2D eigenvalue weighted by atomic mass is 16.3. The molecular formula is C16H28N2O2. The molecule has 0 aliphatic heterocycles. The summed E-state index contributed by atoms with van der Waals surface area (Å²) in [7, 11) is 0. The van der Waals surface area contributed by atoms with Crippen LogP contribution in [-0.4, -0.2) is 26.2 Å². The Morgan fingerprint density at radius 1 is 1.20 bits per heavy atom. The molecule has 1 aromatic heterocycles. The number of carbonyl (C=O) groups excluding carboxylic acids is 1. The lowest BCUT2D eigenvalue weighted by Gasteiger charge is -2.23. The van der Waals surface area contributed by atoms with Gasteiger partial charge in [0.25, 0.3) is 0 Å². The van der Waals surface area contributed by atoms with Crippen LogP contribution in [0.3, 0.4) is 0 Å². The van der Waals surface area contributed by atoms with Gasteiger partial charge in [-0.25, -0.2) is 4.98 Å². The number of unbranched alkanes of at least 4 members (excludes halogenated alkanes) is 4. The van der Waals surface area contributed by atoms with E-state index in [1.807, 2.05) is 6.92 Å². The molecule has 1 rings (SSSR count). The first-order valence-corrected chi connectivity index (χ1v) is 7.79. The minimum absolute atomic E-state index is 0.0946. The van der Waals surface area contributed by atoms with Crippen LogP contribution in [0.2, 0.25) is 0 Å². The van der Waals surface area contributed by atoms with Crippen molar-refractivity contribution in [1.29, 1.82) is 0 Å². The van der Waals surface area contributed by atoms with E-state index in [1.54, 1.807) is 18.7 Å². The first-order chi connectivity index (χ1) is 9.55. The van der Waals surface area contributed by atoms with Gasteiger partial charge in [-0.15, -0.1) is 0 Å². The minimum Gasteiger partial charge on any atom is -0.390 e. The van der Waals surface area contributed by atoms with Gasteiger partial charge < -0.3 is 5.11 Å². The van der Waals surface area contributed by atoms with Crippen molar-refractivity contribution >= 4 is 5.91 Å². The first kappa shape index (κ1) is 16.9. The number of aromatic nitrogens is 2. The molecule has 0 aliphatic carbocycles. The van der Waals surface area contributed by atoms with Crippen LogP contribution < -0.4 is 0 Å². The van der Waals surface area contributed by atoms with E-state index in [2.05, 4.69) is 11.9 Å². The molecule has 0 aliphatic rings. The second-order valence-corrected chi connectivity index (χ2v) is 5.88. The molecule has 0 saturated heterocycles. The van der Waals surface area contributed by atoms with Crippen molar-refractivity contribution < 1.29 is 9.90 Å². The molecule has 114 valence electrons. The number of rotatable bonds is 10.